The fourth-order valence-electron chi connectivity index (χ4n) is 1.85. The van der Waals surface area contributed by atoms with Crippen LogP contribution in [0.3, 0.4) is 0 Å². The maximum absolute atomic E-state index is 5.92. The number of rotatable bonds is 6. The first kappa shape index (κ1) is 13.8. The van der Waals surface area contributed by atoms with E-state index in [4.69, 9.17) is 5.73 Å². The SMILES string of the molecule is Cc1cnc(NC(C)CCCC(C)C)c(N)c1. The van der Waals surface area contributed by atoms with Crippen molar-refractivity contribution in [3.63, 3.8) is 0 Å². The maximum Gasteiger partial charge on any atom is 0.149 e. The first-order chi connectivity index (χ1) is 7.99. The Morgan fingerprint density at radius 1 is 1.29 bits per heavy atom. The molecule has 1 heterocycles. The molecule has 0 bridgehead atoms. The number of aryl methyl sites for hydroxylation is 1. The van der Waals surface area contributed by atoms with Gasteiger partial charge in [-0.3, -0.25) is 0 Å². The van der Waals surface area contributed by atoms with Crippen molar-refractivity contribution in [1.29, 1.82) is 0 Å². The van der Waals surface area contributed by atoms with Crippen molar-refractivity contribution in [3.05, 3.63) is 17.8 Å². The molecular weight excluding hydrogens is 210 g/mol. The topological polar surface area (TPSA) is 50.9 Å². The number of hydrogen-bond donors (Lipinski definition) is 2. The van der Waals surface area contributed by atoms with Gasteiger partial charge in [0.2, 0.25) is 0 Å². The average Bonchev–Trinajstić information content (AvgIpc) is 2.21. The molecule has 0 saturated heterocycles. The van der Waals surface area contributed by atoms with E-state index < -0.39 is 0 Å². The lowest BCUT2D eigenvalue weighted by Gasteiger charge is -2.16. The van der Waals surface area contributed by atoms with Crippen LogP contribution in [-0.4, -0.2) is 11.0 Å². The number of nitrogens with one attached hydrogen (secondary N) is 1. The Kier molecular flexibility index (Phi) is 5.26. The summed E-state index contributed by atoms with van der Waals surface area (Å²) < 4.78 is 0. The van der Waals surface area contributed by atoms with Crippen LogP contribution < -0.4 is 11.1 Å². The van der Waals surface area contributed by atoms with Crippen LogP contribution in [0.5, 0.6) is 0 Å². The van der Waals surface area contributed by atoms with E-state index in [0.717, 1.165) is 29.4 Å². The molecule has 0 fully saturated rings. The van der Waals surface area contributed by atoms with Crippen LogP contribution in [-0.2, 0) is 0 Å². The molecule has 1 atom stereocenters. The van der Waals surface area contributed by atoms with Crippen LogP contribution in [0.1, 0.15) is 45.6 Å². The van der Waals surface area contributed by atoms with E-state index in [1.54, 1.807) is 0 Å². The number of nitrogens with two attached hydrogens (primary N) is 1. The zero-order valence-electron chi connectivity index (χ0n) is 11.5. The number of aromatic nitrogens is 1. The largest absolute Gasteiger partial charge is 0.396 e. The molecule has 1 unspecified atom stereocenters. The van der Waals surface area contributed by atoms with Gasteiger partial charge in [-0.1, -0.05) is 26.7 Å². The number of nitrogen functional groups attached to an aromatic ring is 1. The van der Waals surface area contributed by atoms with Gasteiger partial charge in [0.1, 0.15) is 5.82 Å². The third-order valence-corrected chi connectivity index (χ3v) is 2.86. The minimum Gasteiger partial charge on any atom is -0.396 e. The number of pyridine rings is 1. The normalized spacial score (nSPS) is 12.8. The summed E-state index contributed by atoms with van der Waals surface area (Å²) in [7, 11) is 0. The molecule has 0 amide bonds. The van der Waals surface area contributed by atoms with Crippen LogP contribution in [0.2, 0.25) is 0 Å². The molecule has 1 aromatic rings. The summed E-state index contributed by atoms with van der Waals surface area (Å²) in [5.74, 6) is 1.59. The lowest BCUT2D eigenvalue weighted by atomic mass is 10.0. The van der Waals surface area contributed by atoms with Crippen LogP contribution >= 0.6 is 0 Å². The van der Waals surface area contributed by atoms with Crippen molar-refractivity contribution in [2.24, 2.45) is 5.92 Å². The predicted molar refractivity (Wildman–Crippen MR) is 75.2 cm³/mol. The molecule has 3 N–H and O–H groups in total. The highest BCUT2D eigenvalue weighted by Crippen LogP contribution is 2.18. The summed E-state index contributed by atoms with van der Waals surface area (Å²) in [6.07, 6.45) is 5.53. The van der Waals surface area contributed by atoms with Gasteiger partial charge >= 0.3 is 0 Å². The van der Waals surface area contributed by atoms with Gasteiger partial charge in [-0.05, 0) is 37.8 Å². The summed E-state index contributed by atoms with van der Waals surface area (Å²) >= 11 is 0. The number of anilines is 2. The van der Waals surface area contributed by atoms with E-state index >= 15 is 0 Å². The molecule has 3 nitrogen and oxygen atoms in total. The van der Waals surface area contributed by atoms with Crippen molar-refractivity contribution < 1.29 is 0 Å². The van der Waals surface area contributed by atoms with E-state index in [0.29, 0.717) is 6.04 Å². The molecule has 96 valence electrons. The molecule has 17 heavy (non-hydrogen) atoms. The van der Waals surface area contributed by atoms with Gasteiger partial charge < -0.3 is 11.1 Å². The van der Waals surface area contributed by atoms with E-state index in [9.17, 15) is 0 Å². The molecule has 1 aromatic heterocycles. The third kappa shape index (κ3) is 5.07. The summed E-state index contributed by atoms with van der Waals surface area (Å²) in [6.45, 7) is 8.70. The standard InChI is InChI=1S/C14H25N3/c1-10(2)6-5-7-12(4)17-14-13(15)8-11(3)9-16-14/h8-10,12H,5-7,15H2,1-4H3,(H,16,17). The predicted octanol–water partition coefficient (Wildman–Crippen LogP) is 3.60. The summed E-state index contributed by atoms with van der Waals surface area (Å²) in [6, 6.07) is 2.38. The van der Waals surface area contributed by atoms with Gasteiger partial charge in [-0.25, -0.2) is 4.98 Å². The van der Waals surface area contributed by atoms with Crippen LogP contribution in [0.4, 0.5) is 11.5 Å². The van der Waals surface area contributed by atoms with Crippen LogP contribution in [0.15, 0.2) is 12.3 Å². The van der Waals surface area contributed by atoms with Gasteiger partial charge in [-0.15, -0.1) is 0 Å². The zero-order chi connectivity index (χ0) is 12.8. The lowest BCUT2D eigenvalue weighted by molar-refractivity contribution is 0.520. The van der Waals surface area contributed by atoms with Crippen molar-refractivity contribution in [2.45, 2.75) is 53.0 Å². The Morgan fingerprint density at radius 3 is 2.59 bits per heavy atom. The van der Waals surface area contributed by atoms with Crippen molar-refractivity contribution in [3.8, 4) is 0 Å². The maximum atomic E-state index is 5.92. The van der Waals surface area contributed by atoms with E-state index in [2.05, 4.69) is 31.1 Å². The molecular formula is C14H25N3. The minimum atomic E-state index is 0.422. The Labute approximate surface area is 105 Å². The van der Waals surface area contributed by atoms with Crippen LogP contribution in [0, 0.1) is 12.8 Å². The molecule has 0 saturated carbocycles. The molecule has 3 heteroatoms. The molecule has 0 aromatic carbocycles. The van der Waals surface area contributed by atoms with Crippen molar-refractivity contribution in [2.75, 3.05) is 11.1 Å². The molecule has 0 spiro atoms. The summed E-state index contributed by atoms with van der Waals surface area (Å²) in [5.41, 5.74) is 7.76. The molecule has 1 rings (SSSR count). The smallest absolute Gasteiger partial charge is 0.149 e. The molecule has 0 aliphatic carbocycles. The van der Waals surface area contributed by atoms with Crippen molar-refractivity contribution >= 4 is 11.5 Å². The highest BCUT2D eigenvalue weighted by atomic mass is 15.0. The zero-order valence-corrected chi connectivity index (χ0v) is 11.5. The minimum absolute atomic E-state index is 0.422. The Bertz CT molecular complexity index is 347. The molecule has 0 radical (unpaired) electrons. The fraction of sp³-hybridized carbons (Fsp3) is 0.643. The highest BCUT2D eigenvalue weighted by Gasteiger charge is 2.06. The summed E-state index contributed by atoms with van der Waals surface area (Å²) in [5, 5.41) is 3.37. The quantitative estimate of drug-likeness (QED) is 0.792. The average molecular weight is 235 g/mol. The first-order valence-corrected chi connectivity index (χ1v) is 6.47. The van der Waals surface area contributed by atoms with E-state index in [1.807, 2.05) is 19.2 Å². The second kappa shape index (κ2) is 6.48. The summed E-state index contributed by atoms with van der Waals surface area (Å²) in [4.78, 5) is 4.32. The van der Waals surface area contributed by atoms with Gasteiger partial charge in [0.25, 0.3) is 0 Å². The van der Waals surface area contributed by atoms with Crippen molar-refractivity contribution in [1.82, 2.24) is 4.98 Å². The Morgan fingerprint density at radius 2 is 2.00 bits per heavy atom. The third-order valence-electron chi connectivity index (χ3n) is 2.86. The Balaban J connectivity index is 2.42. The second-order valence-corrected chi connectivity index (χ2v) is 5.32. The Hall–Kier alpha value is -1.25. The van der Waals surface area contributed by atoms with E-state index in [-0.39, 0.29) is 0 Å². The monoisotopic (exact) mass is 235 g/mol. The molecule has 0 aliphatic heterocycles. The fourth-order valence-corrected chi connectivity index (χ4v) is 1.85. The number of nitrogens with zero attached hydrogens (tertiary/aromatic N) is 1. The van der Waals surface area contributed by atoms with Crippen LogP contribution in [0.25, 0.3) is 0 Å². The first-order valence-electron chi connectivity index (χ1n) is 6.47. The highest BCUT2D eigenvalue weighted by molar-refractivity contribution is 5.61. The van der Waals surface area contributed by atoms with Gasteiger partial charge in [0.15, 0.2) is 0 Å². The van der Waals surface area contributed by atoms with Gasteiger partial charge in [0.05, 0.1) is 5.69 Å². The van der Waals surface area contributed by atoms with Gasteiger partial charge in [0, 0.05) is 12.2 Å². The molecule has 0 aliphatic rings. The number of hydrogen-bond acceptors (Lipinski definition) is 3. The lowest BCUT2D eigenvalue weighted by Crippen LogP contribution is -2.17. The van der Waals surface area contributed by atoms with E-state index in [1.165, 1.54) is 12.8 Å². The van der Waals surface area contributed by atoms with Gasteiger partial charge in [-0.2, -0.15) is 0 Å². The second-order valence-electron chi connectivity index (χ2n) is 5.32.